The molecule has 1 N–H and O–H groups in total. The summed E-state index contributed by atoms with van der Waals surface area (Å²) < 4.78 is 7.86. The number of hydrogen-bond acceptors (Lipinski definition) is 4. The molecule has 0 radical (unpaired) electrons. The second-order valence-electron chi connectivity index (χ2n) is 6.52. The smallest absolute Gasteiger partial charge is 0.223 e. The lowest BCUT2D eigenvalue weighted by molar-refractivity contribution is -0.0712. The van der Waals surface area contributed by atoms with Crippen LogP contribution >= 0.6 is 0 Å². The van der Waals surface area contributed by atoms with Gasteiger partial charge in [-0.15, -0.1) is 0 Å². The summed E-state index contributed by atoms with van der Waals surface area (Å²) >= 11 is 0. The quantitative estimate of drug-likeness (QED) is 0.928. The minimum Gasteiger partial charge on any atom is -0.503 e. The average Bonchev–Trinajstić information content (AvgIpc) is 2.43. The van der Waals surface area contributed by atoms with Gasteiger partial charge in [-0.1, -0.05) is 6.92 Å². The third kappa shape index (κ3) is 3.52. The van der Waals surface area contributed by atoms with Crippen molar-refractivity contribution >= 4 is 0 Å². The molecule has 0 amide bonds. The first kappa shape index (κ1) is 17.0. The molecule has 0 bridgehead atoms. The number of rotatable bonds is 4. The maximum atomic E-state index is 12.0. The molecule has 2 heterocycles. The van der Waals surface area contributed by atoms with Crippen LogP contribution in [0.2, 0.25) is 0 Å². The van der Waals surface area contributed by atoms with Crippen LogP contribution in [0.5, 0.6) is 5.75 Å². The summed E-state index contributed by atoms with van der Waals surface area (Å²) in [6, 6.07) is 1.77. The number of nitrogens with zero attached hydrogens (tertiary/aromatic N) is 2. The maximum Gasteiger partial charge on any atom is 0.223 e. The van der Waals surface area contributed by atoms with Crippen LogP contribution in [0.3, 0.4) is 0 Å². The molecule has 1 aromatic rings. The average molecular weight is 308 g/mol. The van der Waals surface area contributed by atoms with E-state index >= 15 is 0 Å². The van der Waals surface area contributed by atoms with E-state index in [-0.39, 0.29) is 29.4 Å². The van der Waals surface area contributed by atoms with Gasteiger partial charge in [0.1, 0.15) is 0 Å². The molecule has 22 heavy (non-hydrogen) atoms. The molecule has 0 saturated carbocycles. The molecule has 0 aromatic carbocycles. The van der Waals surface area contributed by atoms with Crippen molar-refractivity contribution in [3.8, 4) is 5.75 Å². The molecule has 1 aliphatic rings. The van der Waals surface area contributed by atoms with Crippen LogP contribution in [0, 0.1) is 6.92 Å². The predicted octanol–water partition coefficient (Wildman–Crippen LogP) is 2.44. The Bertz CT molecular complexity index is 572. The van der Waals surface area contributed by atoms with Crippen molar-refractivity contribution in [3.05, 3.63) is 27.7 Å². The Hall–Kier alpha value is -1.33. The molecule has 1 fully saturated rings. The second kappa shape index (κ2) is 6.84. The number of aryl methyl sites for hydroxylation is 1. The number of ether oxygens (including phenoxy) is 1. The third-order valence-electron chi connectivity index (χ3n) is 4.42. The zero-order valence-corrected chi connectivity index (χ0v) is 14.3. The minimum absolute atomic E-state index is 0.113. The van der Waals surface area contributed by atoms with Crippen LogP contribution < -0.4 is 5.43 Å². The summed E-state index contributed by atoms with van der Waals surface area (Å²) in [4.78, 5) is 14.2. The van der Waals surface area contributed by atoms with E-state index in [1.807, 2.05) is 6.92 Å². The monoisotopic (exact) mass is 308 g/mol. The Morgan fingerprint density at radius 1 is 1.36 bits per heavy atom. The van der Waals surface area contributed by atoms with Gasteiger partial charge in [0.05, 0.1) is 17.9 Å². The number of morpholine rings is 1. The largest absolute Gasteiger partial charge is 0.503 e. The Morgan fingerprint density at radius 3 is 2.50 bits per heavy atom. The van der Waals surface area contributed by atoms with Gasteiger partial charge in [0.25, 0.3) is 0 Å². The maximum absolute atomic E-state index is 12.0. The fraction of sp³-hybridized carbons (Fsp3) is 0.706. The van der Waals surface area contributed by atoms with Crippen LogP contribution in [-0.2, 0) is 11.3 Å². The van der Waals surface area contributed by atoms with Gasteiger partial charge in [0.2, 0.25) is 5.43 Å². The molecule has 2 rings (SSSR count). The predicted molar refractivity (Wildman–Crippen MR) is 87.4 cm³/mol. The lowest BCUT2D eigenvalue weighted by Crippen LogP contribution is -2.45. The third-order valence-corrected chi connectivity index (χ3v) is 4.42. The van der Waals surface area contributed by atoms with Gasteiger partial charge >= 0.3 is 0 Å². The van der Waals surface area contributed by atoms with Crippen molar-refractivity contribution in [1.82, 2.24) is 9.47 Å². The van der Waals surface area contributed by atoms with E-state index in [0.717, 1.165) is 30.9 Å². The summed E-state index contributed by atoms with van der Waals surface area (Å²) in [6.45, 7) is 12.5. The molecule has 124 valence electrons. The Balaban J connectivity index is 2.38. The molecule has 3 atom stereocenters. The minimum atomic E-state index is -0.290. The van der Waals surface area contributed by atoms with Gasteiger partial charge in [-0.25, -0.2) is 0 Å². The Kier molecular flexibility index (Phi) is 5.29. The van der Waals surface area contributed by atoms with Crippen LogP contribution in [0.15, 0.2) is 10.9 Å². The number of hydrogen-bond donors (Lipinski definition) is 1. The molecule has 3 unspecified atom stereocenters. The van der Waals surface area contributed by atoms with Crippen LogP contribution in [0.25, 0.3) is 0 Å². The first-order chi connectivity index (χ1) is 10.3. The molecule has 0 spiro atoms. The summed E-state index contributed by atoms with van der Waals surface area (Å²) in [7, 11) is 0. The zero-order valence-electron chi connectivity index (χ0n) is 14.3. The number of aromatic hydroxyl groups is 1. The van der Waals surface area contributed by atoms with Gasteiger partial charge < -0.3 is 14.4 Å². The van der Waals surface area contributed by atoms with Crippen molar-refractivity contribution in [2.45, 2.75) is 65.8 Å². The molecule has 1 saturated heterocycles. The van der Waals surface area contributed by atoms with Crippen LogP contribution in [-0.4, -0.2) is 39.9 Å². The zero-order chi connectivity index (χ0) is 16.4. The van der Waals surface area contributed by atoms with E-state index in [2.05, 4.69) is 37.2 Å². The molecule has 1 aromatic heterocycles. The van der Waals surface area contributed by atoms with Crippen LogP contribution in [0.1, 0.15) is 51.5 Å². The van der Waals surface area contributed by atoms with Gasteiger partial charge in [-0.3, -0.25) is 9.69 Å². The number of pyridine rings is 1. The molecule has 1 aliphatic heterocycles. The highest BCUT2D eigenvalue weighted by atomic mass is 16.5. The van der Waals surface area contributed by atoms with Gasteiger partial charge in [0, 0.05) is 37.4 Å². The highest BCUT2D eigenvalue weighted by Gasteiger charge is 2.25. The highest BCUT2D eigenvalue weighted by Crippen LogP contribution is 2.24. The topological polar surface area (TPSA) is 54.7 Å². The first-order valence-corrected chi connectivity index (χ1v) is 8.15. The summed E-state index contributed by atoms with van der Waals surface area (Å²) in [5.41, 5.74) is 1.34. The SMILES string of the molecule is CCC(C)n1c(C)cc(=O)c(O)c1CN1CC(C)OC(C)C1. The highest BCUT2D eigenvalue weighted by molar-refractivity contribution is 5.30. The standard InChI is InChI=1S/C17H28N2O3/c1-6-11(2)19-12(3)7-16(20)17(21)15(19)10-18-8-13(4)22-14(5)9-18/h7,11,13-14,21H,6,8-10H2,1-5H3. The van der Waals surface area contributed by atoms with Crippen molar-refractivity contribution in [1.29, 1.82) is 0 Å². The Labute approximate surface area is 132 Å². The normalized spacial score (nSPS) is 24.4. The van der Waals surface area contributed by atoms with E-state index in [1.165, 1.54) is 6.07 Å². The fourth-order valence-corrected chi connectivity index (χ4v) is 3.37. The van der Waals surface area contributed by atoms with E-state index in [9.17, 15) is 9.90 Å². The lowest BCUT2D eigenvalue weighted by Gasteiger charge is -2.36. The summed E-state index contributed by atoms with van der Waals surface area (Å²) in [6.07, 6.45) is 1.28. The second-order valence-corrected chi connectivity index (χ2v) is 6.52. The van der Waals surface area contributed by atoms with E-state index in [4.69, 9.17) is 4.74 Å². The Morgan fingerprint density at radius 2 is 1.95 bits per heavy atom. The van der Waals surface area contributed by atoms with E-state index in [1.54, 1.807) is 0 Å². The fourth-order valence-electron chi connectivity index (χ4n) is 3.37. The molecular weight excluding hydrogens is 280 g/mol. The van der Waals surface area contributed by atoms with Crippen LogP contribution in [0.4, 0.5) is 0 Å². The molecule has 5 nitrogen and oxygen atoms in total. The molecule has 5 heteroatoms. The van der Waals surface area contributed by atoms with Gasteiger partial charge in [-0.2, -0.15) is 0 Å². The lowest BCUT2D eigenvalue weighted by atomic mass is 10.1. The van der Waals surface area contributed by atoms with E-state index < -0.39 is 0 Å². The van der Waals surface area contributed by atoms with Gasteiger partial charge in [-0.05, 0) is 34.1 Å². The first-order valence-electron chi connectivity index (χ1n) is 8.15. The summed E-state index contributed by atoms with van der Waals surface area (Å²) in [5.74, 6) is -0.113. The van der Waals surface area contributed by atoms with Crippen molar-refractivity contribution in [2.24, 2.45) is 0 Å². The molecular formula is C17H28N2O3. The van der Waals surface area contributed by atoms with Crippen molar-refractivity contribution < 1.29 is 9.84 Å². The summed E-state index contributed by atoms with van der Waals surface area (Å²) in [5, 5.41) is 10.3. The van der Waals surface area contributed by atoms with Crippen molar-refractivity contribution in [3.63, 3.8) is 0 Å². The number of aromatic nitrogens is 1. The molecule has 0 aliphatic carbocycles. The van der Waals surface area contributed by atoms with Gasteiger partial charge in [0.15, 0.2) is 5.75 Å². The van der Waals surface area contributed by atoms with Crippen molar-refractivity contribution in [2.75, 3.05) is 13.1 Å². The van der Waals surface area contributed by atoms with E-state index in [0.29, 0.717) is 6.54 Å².